The molecule has 0 radical (unpaired) electrons. The highest BCUT2D eigenvalue weighted by Gasteiger charge is 2.31. The number of rotatable bonds is 16. The standard InChI is InChI=1S/C43H59N7O10/c1-42(2,3)32(27-51)58-35(60-43(4,5)6)28-56-34(53)14-8-13-33(52)44-16-17-48-18-20-50(21-19-48)41(54)57-30-11-7-10-29(26-30)38-46-36-31-12-9-15-45-40(31)59-37(36)39(47-38)49-22-24-55-25-23-49/h7,9-12,15,26,32,35,51H,8,13-14,16-25,27-28H2,1-6H3,(H,44,52). The third-order valence-electron chi connectivity index (χ3n) is 10.2. The van der Waals surface area contributed by atoms with Gasteiger partial charge in [-0.05, 0) is 56.9 Å². The lowest BCUT2D eigenvalue weighted by Crippen LogP contribution is -2.51. The van der Waals surface area contributed by atoms with Gasteiger partial charge in [0.1, 0.15) is 17.9 Å². The molecule has 17 heteroatoms. The minimum Gasteiger partial charge on any atom is -0.460 e. The monoisotopic (exact) mass is 833 g/mol. The Bertz CT molecular complexity index is 2070. The van der Waals surface area contributed by atoms with Gasteiger partial charge in [0.05, 0.1) is 36.9 Å². The van der Waals surface area contributed by atoms with E-state index < -0.39 is 30.1 Å². The second-order valence-electron chi connectivity index (χ2n) is 17.1. The number of fused-ring (bicyclic) bond motifs is 3. The molecule has 0 bridgehead atoms. The second-order valence-corrected chi connectivity index (χ2v) is 17.1. The number of benzene rings is 1. The zero-order chi connectivity index (χ0) is 42.9. The molecule has 2 aliphatic heterocycles. The number of nitrogens with zero attached hydrogens (tertiary/aromatic N) is 6. The van der Waals surface area contributed by atoms with E-state index in [2.05, 4.69) is 20.1 Å². The number of morpholine rings is 1. The van der Waals surface area contributed by atoms with Crippen LogP contribution in [0, 0.1) is 5.41 Å². The van der Waals surface area contributed by atoms with Crippen LogP contribution in [0.3, 0.4) is 0 Å². The summed E-state index contributed by atoms with van der Waals surface area (Å²) < 4.78 is 34.9. The number of anilines is 1. The Labute approximate surface area is 350 Å². The highest BCUT2D eigenvalue weighted by molar-refractivity contribution is 6.05. The number of furan rings is 1. The van der Waals surface area contributed by atoms with Gasteiger partial charge in [-0.15, -0.1) is 0 Å². The Morgan fingerprint density at radius 2 is 1.72 bits per heavy atom. The summed E-state index contributed by atoms with van der Waals surface area (Å²) in [7, 11) is 0. The molecule has 2 fully saturated rings. The maximum atomic E-state index is 13.2. The van der Waals surface area contributed by atoms with Crippen LogP contribution in [0.4, 0.5) is 10.6 Å². The van der Waals surface area contributed by atoms with E-state index in [0.717, 1.165) is 5.39 Å². The van der Waals surface area contributed by atoms with Gasteiger partial charge < -0.3 is 48.3 Å². The molecule has 6 rings (SSSR count). The van der Waals surface area contributed by atoms with E-state index in [9.17, 15) is 19.5 Å². The Morgan fingerprint density at radius 1 is 0.950 bits per heavy atom. The summed E-state index contributed by atoms with van der Waals surface area (Å²) in [5.41, 5.74) is 1.51. The number of hydrogen-bond acceptors (Lipinski definition) is 15. The van der Waals surface area contributed by atoms with E-state index in [4.69, 9.17) is 38.1 Å². The molecule has 0 spiro atoms. The van der Waals surface area contributed by atoms with Crippen LogP contribution in [-0.2, 0) is 28.5 Å². The number of hydrogen-bond donors (Lipinski definition) is 2. The van der Waals surface area contributed by atoms with Crippen LogP contribution >= 0.6 is 0 Å². The van der Waals surface area contributed by atoms with E-state index in [1.807, 2.05) is 65.8 Å². The van der Waals surface area contributed by atoms with E-state index in [0.29, 0.717) is 112 Å². The van der Waals surface area contributed by atoms with Crippen LogP contribution < -0.4 is 15.0 Å². The number of aliphatic hydroxyl groups excluding tert-OH is 1. The molecule has 2 atom stereocenters. The van der Waals surface area contributed by atoms with Crippen LogP contribution in [-0.4, -0.2) is 145 Å². The van der Waals surface area contributed by atoms with Gasteiger partial charge in [-0.25, -0.2) is 19.7 Å². The Balaban J connectivity index is 0.920. The smallest absolute Gasteiger partial charge is 0.415 e. The maximum Gasteiger partial charge on any atom is 0.415 e. The predicted molar refractivity (Wildman–Crippen MR) is 223 cm³/mol. The van der Waals surface area contributed by atoms with Gasteiger partial charge in [0.2, 0.25) is 11.6 Å². The van der Waals surface area contributed by atoms with Crippen LogP contribution in [0.5, 0.6) is 5.75 Å². The van der Waals surface area contributed by atoms with Crippen LogP contribution in [0.25, 0.3) is 33.6 Å². The number of amides is 2. The Hall–Kier alpha value is -4.94. The summed E-state index contributed by atoms with van der Waals surface area (Å²) in [4.78, 5) is 58.4. The van der Waals surface area contributed by atoms with E-state index in [1.54, 1.807) is 23.2 Å². The largest absolute Gasteiger partial charge is 0.460 e. The number of ether oxygens (including phenoxy) is 5. The lowest BCUT2D eigenvalue weighted by molar-refractivity contribution is -0.251. The third kappa shape index (κ3) is 12.3. The van der Waals surface area contributed by atoms with Crippen molar-refractivity contribution in [2.24, 2.45) is 5.41 Å². The first-order valence-electron chi connectivity index (χ1n) is 20.7. The molecular formula is C43H59N7O10. The fourth-order valence-electron chi connectivity index (χ4n) is 6.87. The number of pyridine rings is 1. The van der Waals surface area contributed by atoms with Crippen molar-refractivity contribution in [2.45, 2.75) is 78.8 Å². The molecule has 5 heterocycles. The zero-order valence-corrected chi connectivity index (χ0v) is 35.6. The van der Waals surface area contributed by atoms with Crippen molar-refractivity contribution in [1.82, 2.24) is 30.1 Å². The van der Waals surface area contributed by atoms with E-state index >= 15 is 0 Å². The number of aromatic nitrogens is 3. The minimum absolute atomic E-state index is 0.0702. The molecule has 2 N–H and O–H groups in total. The van der Waals surface area contributed by atoms with Gasteiger partial charge >= 0.3 is 12.1 Å². The first-order valence-corrected chi connectivity index (χ1v) is 20.7. The molecule has 60 heavy (non-hydrogen) atoms. The van der Waals surface area contributed by atoms with Crippen LogP contribution in [0.1, 0.15) is 60.8 Å². The van der Waals surface area contributed by atoms with E-state index in [1.165, 1.54) is 0 Å². The van der Waals surface area contributed by atoms with Crippen molar-refractivity contribution in [3.63, 3.8) is 0 Å². The molecule has 2 saturated heterocycles. The highest BCUT2D eigenvalue weighted by atomic mass is 16.7. The first-order chi connectivity index (χ1) is 28.7. The maximum absolute atomic E-state index is 13.2. The fourth-order valence-corrected chi connectivity index (χ4v) is 6.87. The van der Waals surface area contributed by atoms with Crippen molar-refractivity contribution in [1.29, 1.82) is 0 Å². The van der Waals surface area contributed by atoms with Gasteiger partial charge in [-0.3, -0.25) is 14.5 Å². The number of carbonyl (C=O) groups excluding carboxylic acids is 3. The Morgan fingerprint density at radius 3 is 2.43 bits per heavy atom. The molecule has 3 aromatic heterocycles. The average Bonchev–Trinajstić information content (AvgIpc) is 3.60. The second kappa shape index (κ2) is 20.1. The van der Waals surface area contributed by atoms with Crippen molar-refractivity contribution >= 4 is 46.0 Å². The molecule has 2 amide bonds. The SMILES string of the molecule is CC(C)(C)OC(COC(=O)CCCC(=O)NCCN1CCN(C(=O)Oc2cccc(-c3nc(N4CCOCC4)c4oc5ncccc5c4n3)c2)CC1)OC(CO)C(C)(C)C. The normalized spacial score (nSPS) is 16.5. The number of piperazine rings is 1. The summed E-state index contributed by atoms with van der Waals surface area (Å²) in [6, 6.07) is 11.0. The number of carbonyl (C=O) groups is 3. The predicted octanol–water partition coefficient (Wildman–Crippen LogP) is 4.79. The van der Waals surface area contributed by atoms with Crippen molar-refractivity contribution in [3.05, 3.63) is 42.6 Å². The summed E-state index contributed by atoms with van der Waals surface area (Å²) in [5, 5.41) is 13.5. The van der Waals surface area contributed by atoms with Crippen molar-refractivity contribution in [3.8, 4) is 17.1 Å². The molecule has 17 nitrogen and oxygen atoms in total. The number of nitrogens with one attached hydrogen (secondary N) is 1. The summed E-state index contributed by atoms with van der Waals surface area (Å²) in [5.74, 6) is 0.912. The van der Waals surface area contributed by atoms with Crippen LogP contribution in [0.15, 0.2) is 47.0 Å². The molecule has 1 aromatic carbocycles. The fraction of sp³-hybridized carbons (Fsp3) is 0.581. The summed E-state index contributed by atoms with van der Waals surface area (Å²) in [6.45, 7) is 16.9. The molecule has 326 valence electrons. The third-order valence-corrected chi connectivity index (χ3v) is 10.2. The molecular weight excluding hydrogens is 775 g/mol. The van der Waals surface area contributed by atoms with Gasteiger partial charge in [-0.1, -0.05) is 32.9 Å². The highest BCUT2D eigenvalue weighted by Crippen LogP contribution is 2.35. The first kappa shape index (κ1) is 44.6. The van der Waals surface area contributed by atoms with Crippen LogP contribution in [0.2, 0.25) is 0 Å². The zero-order valence-electron chi connectivity index (χ0n) is 35.6. The van der Waals surface area contributed by atoms with Crippen molar-refractivity contribution in [2.75, 3.05) is 83.7 Å². The summed E-state index contributed by atoms with van der Waals surface area (Å²) in [6.07, 6.45) is 0.461. The number of esters is 1. The number of aliphatic hydroxyl groups is 1. The molecule has 2 unspecified atom stereocenters. The summed E-state index contributed by atoms with van der Waals surface area (Å²) >= 11 is 0. The Kier molecular flexibility index (Phi) is 14.9. The van der Waals surface area contributed by atoms with Gasteiger partial charge in [0, 0.05) is 77.0 Å². The lowest BCUT2D eigenvalue weighted by Gasteiger charge is -2.35. The van der Waals surface area contributed by atoms with Gasteiger partial charge in [0.25, 0.3) is 0 Å². The lowest BCUT2D eigenvalue weighted by atomic mass is 9.89. The van der Waals surface area contributed by atoms with Crippen molar-refractivity contribution < 1.29 is 47.6 Å². The van der Waals surface area contributed by atoms with Gasteiger partial charge in [0.15, 0.2) is 23.5 Å². The minimum atomic E-state index is -0.848. The average molecular weight is 834 g/mol. The molecule has 2 aliphatic rings. The van der Waals surface area contributed by atoms with E-state index in [-0.39, 0.29) is 37.4 Å². The topological polar surface area (TPSA) is 191 Å². The molecule has 0 saturated carbocycles. The van der Waals surface area contributed by atoms with Gasteiger partial charge in [-0.2, -0.15) is 0 Å². The quantitative estimate of drug-likeness (QED) is 0.116. The molecule has 4 aromatic rings. The molecule has 0 aliphatic carbocycles.